The molecule has 7 nitrogen and oxygen atoms in total. The molecule has 8 heteroatoms. The number of ketones is 1. The third-order valence-electron chi connectivity index (χ3n) is 3.00. The zero-order valence-corrected chi connectivity index (χ0v) is 13.7. The highest BCUT2D eigenvalue weighted by molar-refractivity contribution is 9.10. The van der Waals surface area contributed by atoms with Crippen molar-refractivity contribution in [3.63, 3.8) is 0 Å². The summed E-state index contributed by atoms with van der Waals surface area (Å²) in [5.41, 5.74) is -0.866. The van der Waals surface area contributed by atoms with E-state index in [1.807, 2.05) is 4.98 Å². The van der Waals surface area contributed by atoms with Gasteiger partial charge in [-0.1, -0.05) is 28.1 Å². The van der Waals surface area contributed by atoms with Crippen molar-refractivity contribution in [3.05, 3.63) is 67.4 Å². The number of carbonyl (C=O) groups is 2. The molecule has 0 saturated carbocycles. The van der Waals surface area contributed by atoms with Crippen LogP contribution in [0.2, 0.25) is 0 Å². The zero-order chi connectivity index (χ0) is 17.0. The number of nitrogens with zero attached hydrogens (tertiary/aromatic N) is 1. The van der Waals surface area contributed by atoms with E-state index in [0.717, 1.165) is 15.1 Å². The summed E-state index contributed by atoms with van der Waals surface area (Å²) >= 11 is 3.27. The van der Waals surface area contributed by atoms with E-state index in [4.69, 9.17) is 4.74 Å². The maximum Gasteiger partial charge on any atom is 0.328 e. The maximum absolute atomic E-state index is 12.1. The normalized spacial score (nSPS) is 11.7. The van der Waals surface area contributed by atoms with Crippen LogP contribution in [0, 0.1) is 0 Å². The van der Waals surface area contributed by atoms with Gasteiger partial charge < -0.3 is 4.74 Å². The fraction of sp³-hybridized carbons (Fsp3) is 0.200. The lowest BCUT2D eigenvalue weighted by molar-refractivity contribution is -0.147. The molecule has 120 valence electrons. The molecular formula is C15H13BrN2O5. The zero-order valence-electron chi connectivity index (χ0n) is 12.1. The molecule has 1 atom stereocenters. The van der Waals surface area contributed by atoms with E-state index in [1.54, 1.807) is 24.3 Å². The van der Waals surface area contributed by atoms with Crippen LogP contribution in [0.4, 0.5) is 0 Å². The summed E-state index contributed by atoms with van der Waals surface area (Å²) in [5.74, 6) is -1.10. The minimum absolute atomic E-state index is 0.348. The van der Waals surface area contributed by atoms with Gasteiger partial charge in [0.25, 0.3) is 5.56 Å². The van der Waals surface area contributed by atoms with Crippen molar-refractivity contribution in [1.82, 2.24) is 9.55 Å². The second-order valence-corrected chi connectivity index (χ2v) is 5.66. The number of ether oxygens (including phenoxy) is 1. The molecule has 0 aliphatic carbocycles. The van der Waals surface area contributed by atoms with Crippen molar-refractivity contribution in [2.24, 2.45) is 0 Å². The second-order valence-electron chi connectivity index (χ2n) is 4.74. The first-order valence-electron chi connectivity index (χ1n) is 6.66. The van der Waals surface area contributed by atoms with Crippen LogP contribution in [-0.2, 0) is 16.1 Å². The number of hydrogen-bond donors (Lipinski definition) is 1. The SMILES string of the molecule is C[C@@H](OC(=O)Cn1ccc(=O)[nH]c1=O)C(=O)c1ccc(Br)cc1. The Morgan fingerprint density at radius 3 is 2.48 bits per heavy atom. The quantitative estimate of drug-likeness (QED) is 0.618. The predicted octanol–water partition coefficient (Wildman–Crippen LogP) is 1.11. The lowest BCUT2D eigenvalue weighted by atomic mass is 10.1. The molecule has 0 bridgehead atoms. The highest BCUT2D eigenvalue weighted by Gasteiger charge is 2.19. The average molecular weight is 381 g/mol. The van der Waals surface area contributed by atoms with E-state index in [0.29, 0.717) is 5.56 Å². The first-order chi connectivity index (χ1) is 10.9. The molecule has 0 aliphatic heterocycles. The standard InChI is InChI=1S/C15H13BrN2O5/c1-9(14(21)10-2-4-11(16)5-3-10)23-13(20)8-18-7-6-12(19)17-15(18)22/h2-7,9H,8H2,1H3,(H,17,19,22)/t9-/m1/s1. The molecule has 2 aromatic rings. The van der Waals surface area contributed by atoms with Crippen LogP contribution >= 0.6 is 15.9 Å². The summed E-state index contributed by atoms with van der Waals surface area (Å²) in [7, 11) is 0. The summed E-state index contributed by atoms with van der Waals surface area (Å²) < 4.78 is 6.85. The van der Waals surface area contributed by atoms with Crippen molar-refractivity contribution in [2.45, 2.75) is 19.6 Å². The van der Waals surface area contributed by atoms with E-state index >= 15 is 0 Å². The van der Waals surface area contributed by atoms with Gasteiger partial charge in [0, 0.05) is 22.3 Å². The van der Waals surface area contributed by atoms with Crippen LogP contribution in [0.1, 0.15) is 17.3 Å². The molecule has 2 rings (SSSR count). The topological polar surface area (TPSA) is 98.2 Å². The van der Waals surface area contributed by atoms with Gasteiger partial charge in [-0.2, -0.15) is 0 Å². The number of hydrogen-bond acceptors (Lipinski definition) is 5. The Labute approximate surface area is 139 Å². The van der Waals surface area contributed by atoms with Gasteiger partial charge in [-0.3, -0.25) is 23.9 Å². The number of rotatable bonds is 5. The number of halogens is 1. The molecule has 0 amide bonds. The number of aromatic amines is 1. The minimum atomic E-state index is -0.984. The van der Waals surface area contributed by atoms with Gasteiger partial charge in [0.2, 0.25) is 5.78 Å². The van der Waals surface area contributed by atoms with Gasteiger partial charge in [0.15, 0.2) is 6.10 Å². The van der Waals surface area contributed by atoms with E-state index < -0.39 is 29.9 Å². The fourth-order valence-electron chi connectivity index (χ4n) is 1.84. The Hall–Kier alpha value is -2.48. The molecule has 0 fully saturated rings. The molecule has 23 heavy (non-hydrogen) atoms. The van der Waals surface area contributed by atoms with Gasteiger partial charge in [0.1, 0.15) is 6.54 Å². The van der Waals surface area contributed by atoms with Crippen LogP contribution in [0.3, 0.4) is 0 Å². The van der Waals surface area contributed by atoms with Crippen molar-refractivity contribution >= 4 is 27.7 Å². The van der Waals surface area contributed by atoms with E-state index in [-0.39, 0.29) is 5.78 Å². The van der Waals surface area contributed by atoms with Gasteiger partial charge >= 0.3 is 11.7 Å². The number of aromatic nitrogens is 2. The lowest BCUT2D eigenvalue weighted by Gasteiger charge is -2.13. The summed E-state index contributed by atoms with van der Waals surface area (Å²) in [6.07, 6.45) is 0.200. The van der Waals surface area contributed by atoms with E-state index in [9.17, 15) is 19.2 Å². The number of benzene rings is 1. The summed E-state index contributed by atoms with van der Waals surface area (Å²) in [4.78, 5) is 48.4. The van der Waals surface area contributed by atoms with Crippen molar-refractivity contribution in [2.75, 3.05) is 0 Å². The number of Topliss-reactive ketones (excluding diaryl/α,β-unsaturated/α-hetero) is 1. The van der Waals surface area contributed by atoms with E-state index in [2.05, 4.69) is 15.9 Å². The minimum Gasteiger partial charge on any atom is -0.453 e. The Morgan fingerprint density at radius 2 is 1.87 bits per heavy atom. The molecule has 1 aromatic carbocycles. The first-order valence-corrected chi connectivity index (χ1v) is 7.45. The molecular weight excluding hydrogens is 368 g/mol. The average Bonchev–Trinajstić information content (AvgIpc) is 2.50. The molecule has 1 aromatic heterocycles. The maximum atomic E-state index is 12.1. The van der Waals surface area contributed by atoms with E-state index in [1.165, 1.54) is 13.1 Å². The van der Waals surface area contributed by atoms with Crippen LogP contribution in [0.25, 0.3) is 0 Å². The molecule has 1 N–H and O–H groups in total. The van der Waals surface area contributed by atoms with Crippen LogP contribution in [0.15, 0.2) is 50.6 Å². The molecule has 1 heterocycles. The second kappa shape index (κ2) is 7.19. The highest BCUT2D eigenvalue weighted by Crippen LogP contribution is 2.13. The monoisotopic (exact) mass is 380 g/mol. The summed E-state index contributed by atoms with van der Waals surface area (Å²) in [5, 5.41) is 0. The Bertz CT molecular complexity index is 838. The van der Waals surface area contributed by atoms with Crippen LogP contribution < -0.4 is 11.2 Å². The smallest absolute Gasteiger partial charge is 0.328 e. The summed E-state index contributed by atoms with van der Waals surface area (Å²) in [6.45, 7) is 1.06. The number of nitrogens with one attached hydrogen (secondary N) is 1. The first kappa shape index (κ1) is 16.9. The molecule has 0 aliphatic rings. The third-order valence-corrected chi connectivity index (χ3v) is 3.53. The van der Waals surface area contributed by atoms with Crippen molar-refractivity contribution < 1.29 is 14.3 Å². The highest BCUT2D eigenvalue weighted by atomic mass is 79.9. The van der Waals surface area contributed by atoms with Crippen molar-refractivity contribution in [1.29, 1.82) is 0 Å². The summed E-state index contributed by atoms with van der Waals surface area (Å²) in [6, 6.07) is 7.76. The Kier molecular flexibility index (Phi) is 5.28. The van der Waals surface area contributed by atoms with Gasteiger partial charge in [0.05, 0.1) is 0 Å². The van der Waals surface area contributed by atoms with Gasteiger partial charge in [-0.05, 0) is 19.1 Å². The molecule has 0 radical (unpaired) electrons. The molecule has 0 unspecified atom stereocenters. The molecule has 0 spiro atoms. The van der Waals surface area contributed by atoms with Crippen molar-refractivity contribution in [3.8, 4) is 0 Å². The van der Waals surface area contributed by atoms with Gasteiger partial charge in [-0.15, -0.1) is 0 Å². The number of carbonyl (C=O) groups excluding carboxylic acids is 2. The predicted molar refractivity (Wildman–Crippen MR) is 85.3 cm³/mol. The van der Waals surface area contributed by atoms with Crippen LogP contribution in [0.5, 0.6) is 0 Å². The Balaban J connectivity index is 2.01. The fourth-order valence-corrected chi connectivity index (χ4v) is 2.11. The van der Waals surface area contributed by atoms with Gasteiger partial charge in [-0.25, -0.2) is 4.79 Å². The molecule has 0 saturated heterocycles. The number of esters is 1. The third kappa shape index (κ3) is 4.49. The van der Waals surface area contributed by atoms with Crippen LogP contribution in [-0.4, -0.2) is 27.4 Å². The lowest BCUT2D eigenvalue weighted by Crippen LogP contribution is -2.33. The Morgan fingerprint density at radius 1 is 1.22 bits per heavy atom. The largest absolute Gasteiger partial charge is 0.453 e. The number of H-pyrrole nitrogens is 1.